The number of benzene rings is 1. The summed E-state index contributed by atoms with van der Waals surface area (Å²) >= 11 is 1.14. The lowest BCUT2D eigenvalue weighted by atomic mass is 10.2. The third-order valence-electron chi connectivity index (χ3n) is 5.36. The van der Waals surface area contributed by atoms with Crippen LogP contribution in [0.3, 0.4) is 0 Å². The third kappa shape index (κ3) is 9.30. The minimum Gasteiger partial charge on any atom is -0.433 e. The molecule has 0 saturated carbocycles. The summed E-state index contributed by atoms with van der Waals surface area (Å²) < 4.78 is 60.3. The molecule has 3 aromatic heterocycles. The molecule has 0 aliphatic heterocycles. The van der Waals surface area contributed by atoms with Crippen molar-refractivity contribution in [1.82, 2.24) is 35.5 Å². The fourth-order valence-electron chi connectivity index (χ4n) is 3.52. The zero-order chi connectivity index (χ0) is 29.4. The van der Waals surface area contributed by atoms with Crippen LogP contribution in [0.15, 0.2) is 48.8 Å². The van der Waals surface area contributed by atoms with Crippen molar-refractivity contribution >= 4 is 28.3 Å². The fraction of sp³-hybridized carbons (Fsp3) is 0.320. The number of carbonyl (C=O) groups excluding carboxylic acids is 2. The van der Waals surface area contributed by atoms with Crippen LogP contribution in [-0.2, 0) is 30.7 Å². The standard InChI is InChI=1S/C25H24F4N8O3S/c1-25(28,29)40-18-6-7-19(27)15(10-18)12-31-23(39)20-14-37(36-33-20)13-16(26)5-8-22-34-35-24(41-22)32-21(38)11-17-4-2-3-9-30-17/h2-4,6-7,9-10,14,16H,5,8,11-13H2,1H3,(H,31,39)(H,32,35,38). The second-order valence-corrected chi connectivity index (χ2v) is 9.92. The molecular weight excluding hydrogens is 568 g/mol. The van der Waals surface area contributed by atoms with Crippen molar-refractivity contribution in [3.8, 4) is 5.75 Å². The Morgan fingerprint density at radius 1 is 1.17 bits per heavy atom. The molecule has 1 unspecified atom stereocenters. The monoisotopic (exact) mass is 592 g/mol. The Labute approximate surface area is 235 Å². The van der Waals surface area contributed by atoms with Crippen molar-refractivity contribution in [3.05, 3.63) is 76.6 Å². The zero-order valence-corrected chi connectivity index (χ0v) is 22.4. The highest BCUT2D eigenvalue weighted by molar-refractivity contribution is 7.15. The van der Waals surface area contributed by atoms with Crippen molar-refractivity contribution in [2.75, 3.05) is 5.32 Å². The molecule has 4 aromatic rings. The number of carbonyl (C=O) groups is 2. The molecular formula is C25H24F4N8O3S. The highest BCUT2D eigenvalue weighted by Crippen LogP contribution is 2.23. The number of ether oxygens (including phenoxy) is 1. The minimum atomic E-state index is -3.45. The van der Waals surface area contributed by atoms with E-state index >= 15 is 0 Å². The van der Waals surface area contributed by atoms with Crippen LogP contribution in [0.1, 0.15) is 40.1 Å². The van der Waals surface area contributed by atoms with E-state index in [9.17, 15) is 27.2 Å². The number of amides is 2. The van der Waals surface area contributed by atoms with Gasteiger partial charge in [0.25, 0.3) is 5.91 Å². The topological polar surface area (TPSA) is 137 Å². The van der Waals surface area contributed by atoms with E-state index in [4.69, 9.17) is 0 Å². The summed E-state index contributed by atoms with van der Waals surface area (Å²) in [5.41, 5.74) is 0.392. The zero-order valence-electron chi connectivity index (χ0n) is 21.6. The van der Waals surface area contributed by atoms with Gasteiger partial charge < -0.3 is 15.4 Å². The molecule has 0 saturated heterocycles. The van der Waals surface area contributed by atoms with Crippen LogP contribution in [0.5, 0.6) is 5.75 Å². The van der Waals surface area contributed by atoms with Gasteiger partial charge in [-0.3, -0.25) is 14.6 Å². The summed E-state index contributed by atoms with van der Waals surface area (Å²) in [6.07, 6.45) is -1.57. The van der Waals surface area contributed by atoms with Gasteiger partial charge in [-0.1, -0.05) is 22.6 Å². The highest BCUT2D eigenvalue weighted by atomic mass is 32.1. The van der Waals surface area contributed by atoms with Gasteiger partial charge in [-0.05, 0) is 36.8 Å². The molecule has 0 fully saturated rings. The normalized spacial score (nSPS) is 12.1. The first-order valence-electron chi connectivity index (χ1n) is 12.2. The van der Waals surface area contributed by atoms with E-state index in [0.29, 0.717) is 22.8 Å². The maximum absolute atomic E-state index is 14.6. The number of alkyl halides is 3. The Balaban J connectivity index is 1.21. The lowest BCUT2D eigenvalue weighted by Crippen LogP contribution is -2.24. The van der Waals surface area contributed by atoms with Crippen LogP contribution in [0.25, 0.3) is 0 Å². The molecule has 16 heteroatoms. The van der Waals surface area contributed by atoms with E-state index in [0.717, 1.165) is 34.2 Å². The number of rotatable bonds is 13. The number of aromatic nitrogens is 6. The average molecular weight is 593 g/mol. The number of nitrogens with zero attached hydrogens (tertiary/aromatic N) is 6. The van der Waals surface area contributed by atoms with Crippen LogP contribution in [0.4, 0.5) is 22.7 Å². The number of pyridine rings is 1. The minimum absolute atomic E-state index is 0.0758. The van der Waals surface area contributed by atoms with Crippen molar-refractivity contribution in [2.45, 2.75) is 51.6 Å². The number of halogens is 4. The molecule has 11 nitrogen and oxygen atoms in total. The van der Waals surface area contributed by atoms with Gasteiger partial charge in [-0.2, -0.15) is 8.78 Å². The van der Waals surface area contributed by atoms with Crippen molar-refractivity contribution < 1.29 is 31.9 Å². The quantitative estimate of drug-likeness (QED) is 0.224. The molecule has 1 aromatic carbocycles. The third-order valence-corrected chi connectivity index (χ3v) is 6.26. The van der Waals surface area contributed by atoms with Gasteiger partial charge in [0.05, 0.1) is 19.2 Å². The van der Waals surface area contributed by atoms with Gasteiger partial charge in [0, 0.05) is 37.3 Å². The van der Waals surface area contributed by atoms with Crippen LogP contribution in [0.2, 0.25) is 0 Å². The van der Waals surface area contributed by atoms with E-state index in [1.54, 1.807) is 24.4 Å². The van der Waals surface area contributed by atoms with E-state index in [1.807, 2.05) is 0 Å². The molecule has 1 atom stereocenters. The maximum Gasteiger partial charge on any atom is 0.394 e. The number of nitrogens with one attached hydrogen (secondary N) is 2. The van der Waals surface area contributed by atoms with Crippen LogP contribution in [-0.4, -0.2) is 54.3 Å². The molecule has 2 amide bonds. The lowest BCUT2D eigenvalue weighted by Gasteiger charge is -2.14. The van der Waals surface area contributed by atoms with E-state index in [-0.39, 0.29) is 55.3 Å². The van der Waals surface area contributed by atoms with E-state index in [2.05, 4.69) is 40.9 Å². The fourth-order valence-corrected chi connectivity index (χ4v) is 4.30. The molecule has 216 valence electrons. The molecule has 0 radical (unpaired) electrons. The molecule has 0 aliphatic carbocycles. The molecule has 3 heterocycles. The second kappa shape index (κ2) is 13.3. The first-order valence-corrected chi connectivity index (χ1v) is 13.1. The Kier molecular flexibility index (Phi) is 9.54. The summed E-state index contributed by atoms with van der Waals surface area (Å²) in [5.74, 6) is -2.01. The van der Waals surface area contributed by atoms with Crippen LogP contribution in [0, 0.1) is 5.82 Å². The summed E-state index contributed by atoms with van der Waals surface area (Å²) in [6.45, 7) is 0.0263. The summed E-state index contributed by atoms with van der Waals surface area (Å²) in [7, 11) is 0. The van der Waals surface area contributed by atoms with Crippen molar-refractivity contribution in [1.29, 1.82) is 0 Å². The van der Waals surface area contributed by atoms with Gasteiger partial charge in [-0.15, -0.1) is 15.3 Å². The van der Waals surface area contributed by atoms with Gasteiger partial charge in [0.1, 0.15) is 22.7 Å². The summed E-state index contributed by atoms with van der Waals surface area (Å²) in [5, 5.41) is 21.2. The second-order valence-electron chi connectivity index (χ2n) is 8.85. The highest BCUT2D eigenvalue weighted by Gasteiger charge is 2.24. The van der Waals surface area contributed by atoms with Crippen molar-refractivity contribution in [2.24, 2.45) is 0 Å². The first-order chi connectivity index (χ1) is 19.5. The van der Waals surface area contributed by atoms with Crippen LogP contribution < -0.4 is 15.4 Å². The van der Waals surface area contributed by atoms with E-state index < -0.39 is 24.0 Å². The Bertz CT molecular complexity index is 1480. The predicted molar refractivity (Wildman–Crippen MR) is 139 cm³/mol. The average Bonchev–Trinajstić information content (AvgIpc) is 3.57. The largest absolute Gasteiger partial charge is 0.433 e. The van der Waals surface area contributed by atoms with E-state index in [1.165, 1.54) is 6.20 Å². The molecule has 41 heavy (non-hydrogen) atoms. The molecule has 4 rings (SSSR count). The molecule has 0 bridgehead atoms. The van der Waals surface area contributed by atoms with Crippen LogP contribution >= 0.6 is 11.3 Å². The number of anilines is 1. The Hall–Kier alpha value is -4.47. The van der Waals surface area contributed by atoms with Gasteiger partial charge >= 0.3 is 6.11 Å². The molecule has 2 N–H and O–H groups in total. The Morgan fingerprint density at radius 2 is 2.00 bits per heavy atom. The molecule has 0 spiro atoms. The number of hydrogen-bond donors (Lipinski definition) is 2. The maximum atomic E-state index is 14.6. The predicted octanol–water partition coefficient (Wildman–Crippen LogP) is 3.74. The first kappa shape index (κ1) is 29.5. The Morgan fingerprint density at radius 3 is 2.76 bits per heavy atom. The van der Waals surface area contributed by atoms with Gasteiger partial charge in [0.15, 0.2) is 5.69 Å². The summed E-state index contributed by atoms with van der Waals surface area (Å²) in [6, 6.07) is 8.31. The van der Waals surface area contributed by atoms with Crippen molar-refractivity contribution in [3.63, 3.8) is 0 Å². The van der Waals surface area contributed by atoms with Gasteiger partial charge in [-0.25, -0.2) is 13.5 Å². The lowest BCUT2D eigenvalue weighted by molar-refractivity contribution is -0.159. The number of aryl methyl sites for hydroxylation is 1. The number of hydrogen-bond acceptors (Lipinski definition) is 9. The summed E-state index contributed by atoms with van der Waals surface area (Å²) in [4.78, 5) is 28.6. The smallest absolute Gasteiger partial charge is 0.394 e. The molecule has 0 aliphatic rings. The van der Waals surface area contributed by atoms with Gasteiger partial charge in [0.2, 0.25) is 11.0 Å². The SMILES string of the molecule is CC(F)(F)Oc1ccc(F)c(CNC(=O)c2cn(CC(F)CCc3nnc(NC(=O)Cc4ccccn4)s3)nn2)c1.